The molecular weight excluding hydrogens is 354 g/mol. The summed E-state index contributed by atoms with van der Waals surface area (Å²) < 4.78 is 0. The first kappa shape index (κ1) is 20.9. The number of aliphatic carboxylic acids is 1. The molecule has 2 aromatic carbocycles. The van der Waals surface area contributed by atoms with Crippen molar-refractivity contribution in [3.05, 3.63) is 65.7 Å². The maximum atomic E-state index is 12.6. The Kier molecular flexibility index (Phi) is 8.26. The quantitative estimate of drug-likeness (QED) is 0.621. The molecule has 1 unspecified atom stereocenters. The molecule has 0 heterocycles. The van der Waals surface area contributed by atoms with Crippen LogP contribution in [0.1, 0.15) is 42.6 Å². The Labute approximate surface area is 163 Å². The molecule has 0 aliphatic rings. The Morgan fingerprint density at radius 2 is 1.70 bits per heavy atom. The van der Waals surface area contributed by atoms with Crippen LogP contribution in [-0.2, 0) is 11.2 Å². The lowest BCUT2D eigenvalue weighted by Gasteiger charge is -2.22. The molecule has 0 spiro atoms. The van der Waals surface area contributed by atoms with Gasteiger partial charge >= 0.3 is 5.97 Å². The second-order valence-electron chi connectivity index (χ2n) is 7.10. The molecule has 0 saturated heterocycles. The van der Waals surface area contributed by atoms with Gasteiger partial charge < -0.3 is 10.4 Å². The highest BCUT2D eigenvalue weighted by Crippen LogP contribution is 2.12. The zero-order chi connectivity index (χ0) is 19.6. The fraction of sp³-hybridized carbons (Fsp3) is 0.364. The molecule has 0 bridgehead atoms. The minimum atomic E-state index is -0.757. The number of rotatable bonds is 10. The topological polar surface area (TPSA) is 66.4 Å². The summed E-state index contributed by atoms with van der Waals surface area (Å²) in [6.45, 7) is 4.31. The molecule has 2 rings (SSSR count). The Morgan fingerprint density at radius 3 is 2.37 bits per heavy atom. The molecule has 2 radical (unpaired) electrons. The van der Waals surface area contributed by atoms with Crippen molar-refractivity contribution in [1.82, 2.24) is 5.32 Å². The van der Waals surface area contributed by atoms with Gasteiger partial charge in [0.25, 0.3) is 5.91 Å². The van der Waals surface area contributed by atoms with Gasteiger partial charge in [0.05, 0.1) is 9.52 Å². The van der Waals surface area contributed by atoms with Crippen LogP contribution in [0.3, 0.4) is 0 Å². The van der Waals surface area contributed by atoms with Crippen molar-refractivity contribution in [3.63, 3.8) is 0 Å². The predicted molar refractivity (Wildman–Crippen MR) is 110 cm³/mol. The first-order valence-corrected chi connectivity index (χ1v) is 10.6. The third kappa shape index (κ3) is 7.39. The van der Waals surface area contributed by atoms with Crippen LogP contribution in [0.5, 0.6) is 0 Å². The summed E-state index contributed by atoms with van der Waals surface area (Å²) in [5.41, 5.74) is 1.86. The van der Waals surface area contributed by atoms with Crippen molar-refractivity contribution in [2.75, 3.05) is 0 Å². The van der Waals surface area contributed by atoms with Gasteiger partial charge in [-0.15, -0.1) is 0 Å². The molecule has 4 nitrogen and oxygen atoms in total. The normalized spacial score (nSPS) is 12.0. The number of carboxylic acids is 1. The van der Waals surface area contributed by atoms with E-state index < -0.39 is 5.97 Å². The number of carboxylic acid groups (broad SMARTS) is 1. The van der Waals surface area contributed by atoms with Gasteiger partial charge in [0.15, 0.2) is 0 Å². The van der Waals surface area contributed by atoms with E-state index in [1.54, 1.807) is 0 Å². The first-order chi connectivity index (χ1) is 13.0. The number of hydrogen-bond acceptors (Lipinski definition) is 2. The lowest BCUT2D eigenvalue weighted by atomic mass is 9.96. The Balaban J connectivity index is 2.09. The standard InChI is InChI=1S/C22H27NO3Si/c1-16(2)14-19(23-22(26)17-8-4-3-5-9-17)15-18-10-6-7-11-20(18)27-13-12-21(24)25/h3-11,16,19H,12-15H2,1-2H3,(H,23,26)(H,24,25). The summed E-state index contributed by atoms with van der Waals surface area (Å²) in [5.74, 6) is -0.340. The fourth-order valence-electron chi connectivity index (χ4n) is 3.06. The number of amides is 1. The molecule has 0 aliphatic carbocycles. The van der Waals surface area contributed by atoms with Gasteiger partial charge in [-0.2, -0.15) is 0 Å². The van der Waals surface area contributed by atoms with Crippen LogP contribution in [0.15, 0.2) is 54.6 Å². The second-order valence-corrected chi connectivity index (χ2v) is 8.49. The molecule has 1 atom stereocenters. The van der Waals surface area contributed by atoms with Crippen LogP contribution in [0.2, 0.25) is 6.04 Å². The zero-order valence-electron chi connectivity index (χ0n) is 15.9. The van der Waals surface area contributed by atoms with E-state index in [9.17, 15) is 9.59 Å². The number of carbonyl (C=O) groups excluding carboxylic acids is 1. The van der Waals surface area contributed by atoms with E-state index >= 15 is 0 Å². The fourth-order valence-corrected chi connectivity index (χ4v) is 4.30. The lowest BCUT2D eigenvalue weighted by Crippen LogP contribution is -2.38. The van der Waals surface area contributed by atoms with Crippen molar-refractivity contribution >= 4 is 26.6 Å². The average Bonchev–Trinajstić information content (AvgIpc) is 2.63. The maximum Gasteiger partial charge on any atom is 0.303 e. The number of hydrogen-bond donors (Lipinski definition) is 2. The van der Waals surface area contributed by atoms with Gasteiger partial charge in [-0.25, -0.2) is 0 Å². The second kappa shape index (κ2) is 10.7. The summed E-state index contributed by atoms with van der Waals surface area (Å²) in [6.07, 6.45) is 1.84. The van der Waals surface area contributed by atoms with Crippen molar-refractivity contribution in [2.24, 2.45) is 5.92 Å². The van der Waals surface area contributed by atoms with Crippen LogP contribution in [0.25, 0.3) is 0 Å². The highest BCUT2D eigenvalue weighted by Gasteiger charge is 2.17. The lowest BCUT2D eigenvalue weighted by molar-refractivity contribution is -0.136. The summed E-state index contributed by atoms with van der Waals surface area (Å²) in [6, 6.07) is 18.1. The van der Waals surface area contributed by atoms with E-state index in [0.29, 0.717) is 27.0 Å². The summed E-state index contributed by atoms with van der Waals surface area (Å²) in [4.78, 5) is 23.4. The van der Waals surface area contributed by atoms with Crippen LogP contribution >= 0.6 is 0 Å². The monoisotopic (exact) mass is 381 g/mol. The van der Waals surface area contributed by atoms with Gasteiger partial charge in [-0.3, -0.25) is 9.59 Å². The van der Waals surface area contributed by atoms with Gasteiger partial charge in [0.1, 0.15) is 0 Å². The highest BCUT2D eigenvalue weighted by atomic mass is 28.2. The Bertz CT molecular complexity index is 746. The minimum absolute atomic E-state index is 0.0446. The number of benzene rings is 2. The summed E-state index contributed by atoms with van der Waals surface area (Å²) in [7, 11) is 0.467. The third-order valence-corrected chi connectivity index (χ3v) is 5.63. The molecule has 0 saturated carbocycles. The van der Waals surface area contributed by atoms with E-state index in [1.165, 1.54) is 10.8 Å². The molecule has 142 valence electrons. The average molecular weight is 382 g/mol. The van der Waals surface area contributed by atoms with E-state index in [4.69, 9.17) is 5.11 Å². The van der Waals surface area contributed by atoms with Crippen LogP contribution in [0.4, 0.5) is 0 Å². The molecular formula is C22H27NO3Si. The Morgan fingerprint density at radius 1 is 1.04 bits per heavy atom. The van der Waals surface area contributed by atoms with Crippen molar-refractivity contribution in [2.45, 2.75) is 45.2 Å². The van der Waals surface area contributed by atoms with Crippen molar-refractivity contribution in [3.8, 4) is 0 Å². The van der Waals surface area contributed by atoms with Gasteiger partial charge in [-0.1, -0.05) is 61.5 Å². The molecule has 0 aromatic heterocycles. The van der Waals surface area contributed by atoms with E-state index in [0.717, 1.165) is 12.8 Å². The van der Waals surface area contributed by atoms with Crippen molar-refractivity contribution < 1.29 is 14.7 Å². The van der Waals surface area contributed by atoms with E-state index in [2.05, 4.69) is 31.3 Å². The van der Waals surface area contributed by atoms with E-state index in [1.807, 2.05) is 42.5 Å². The molecule has 2 N–H and O–H groups in total. The van der Waals surface area contributed by atoms with Gasteiger partial charge in [-0.05, 0) is 42.5 Å². The van der Waals surface area contributed by atoms with Gasteiger partial charge in [0.2, 0.25) is 0 Å². The predicted octanol–water partition coefficient (Wildman–Crippen LogP) is 3.30. The molecule has 0 aliphatic heterocycles. The first-order valence-electron chi connectivity index (χ1n) is 9.35. The van der Waals surface area contributed by atoms with Crippen molar-refractivity contribution in [1.29, 1.82) is 0 Å². The highest BCUT2D eigenvalue weighted by molar-refractivity contribution is 6.54. The zero-order valence-corrected chi connectivity index (χ0v) is 16.9. The number of nitrogens with one attached hydrogen (secondary N) is 1. The molecule has 1 amide bonds. The van der Waals surface area contributed by atoms with Crippen LogP contribution in [0, 0.1) is 5.92 Å². The molecule has 0 fully saturated rings. The smallest absolute Gasteiger partial charge is 0.303 e. The van der Waals surface area contributed by atoms with Crippen LogP contribution in [-0.4, -0.2) is 32.5 Å². The third-order valence-electron chi connectivity index (χ3n) is 4.27. The maximum absolute atomic E-state index is 12.6. The Hall–Kier alpha value is -2.40. The summed E-state index contributed by atoms with van der Waals surface area (Å²) in [5, 5.41) is 13.3. The SMILES string of the molecule is CC(C)CC(Cc1ccccc1[Si]CCC(=O)O)NC(=O)c1ccccc1. The summed E-state index contributed by atoms with van der Waals surface area (Å²) >= 11 is 0. The molecule has 2 aromatic rings. The molecule has 27 heavy (non-hydrogen) atoms. The van der Waals surface area contributed by atoms with Crippen LogP contribution < -0.4 is 10.5 Å². The molecule has 5 heteroatoms. The largest absolute Gasteiger partial charge is 0.481 e. The van der Waals surface area contributed by atoms with E-state index in [-0.39, 0.29) is 18.4 Å². The minimum Gasteiger partial charge on any atom is -0.481 e. The van der Waals surface area contributed by atoms with Gasteiger partial charge in [0, 0.05) is 18.0 Å². The number of carbonyl (C=O) groups is 2.